The molecule has 0 atom stereocenters. The molecule has 0 aliphatic carbocycles. The Kier molecular flexibility index (Phi) is 5.41. The van der Waals surface area contributed by atoms with Crippen molar-refractivity contribution in [2.45, 2.75) is 12.6 Å². The summed E-state index contributed by atoms with van der Waals surface area (Å²) in [5.41, 5.74) is 0.753. The monoisotopic (exact) mass is 274 g/mol. The average molecular weight is 274 g/mol. The highest BCUT2D eigenvalue weighted by Gasteiger charge is 2.28. The molecule has 3 nitrogen and oxygen atoms in total. The largest absolute Gasteiger partial charge is 0.484 e. The number of ether oxygens (including phenoxy) is 2. The quantitative estimate of drug-likeness (QED) is 0.773. The third-order valence-electron chi connectivity index (χ3n) is 2.11. The van der Waals surface area contributed by atoms with Crippen molar-refractivity contribution >= 4 is 12.0 Å². The minimum atomic E-state index is -4.35. The van der Waals surface area contributed by atoms with Crippen molar-refractivity contribution in [2.24, 2.45) is 0 Å². The van der Waals surface area contributed by atoms with Crippen LogP contribution < -0.4 is 4.74 Å². The van der Waals surface area contributed by atoms with E-state index in [0.717, 1.165) is 5.56 Å². The molecule has 1 aromatic carbocycles. The number of esters is 1. The molecule has 0 heterocycles. The van der Waals surface area contributed by atoms with E-state index in [-0.39, 0.29) is 18.1 Å². The summed E-state index contributed by atoms with van der Waals surface area (Å²) >= 11 is 0. The van der Waals surface area contributed by atoms with Crippen LogP contribution in [-0.2, 0) is 9.53 Å². The second kappa shape index (κ2) is 6.82. The minimum Gasteiger partial charge on any atom is -0.484 e. The minimum absolute atomic E-state index is 0.141. The molecule has 0 aromatic heterocycles. The number of methoxy groups -OCH3 is 1. The van der Waals surface area contributed by atoms with E-state index in [1.807, 2.05) is 0 Å². The van der Waals surface area contributed by atoms with Gasteiger partial charge >= 0.3 is 12.1 Å². The van der Waals surface area contributed by atoms with Gasteiger partial charge in [0.2, 0.25) is 0 Å². The maximum atomic E-state index is 11.9. The van der Waals surface area contributed by atoms with Gasteiger partial charge in [-0.2, -0.15) is 13.2 Å². The zero-order valence-corrected chi connectivity index (χ0v) is 10.2. The first-order valence-corrected chi connectivity index (χ1v) is 5.43. The molecule has 0 saturated heterocycles. The first-order chi connectivity index (χ1) is 8.90. The Balaban J connectivity index is 2.50. The summed E-state index contributed by atoms with van der Waals surface area (Å²) in [6.45, 7) is -1.31. The molecule has 0 unspecified atom stereocenters. The molecule has 0 saturated carbocycles. The maximum absolute atomic E-state index is 11.9. The smallest absolute Gasteiger partial charge is 0.422 e. The molecule has 0 radical (unpaired) electrons. The Bertz CT molecular complexity index is 435. The maximum Gasteiger partial charge on any atom is 0.422 e. The van der Waals surface area contributed by atoms with Gasteiger partial charge in [-0.25, -0.2) is 0 Å². The van der Waals surface area contributed by atoms with Gasteiger partial charge in [-0.3, -0.25) is 4.79 Å². The van der Waals surface area contributed by atoms with Crippen molar-refractivity contribution < 1.29 is 27.4 Å². The fourth-order valence-electron chi connectivity index (χ4n) is 1.21. The van der Waals surface area contributed by atoms with E-state index in [1.165, 1.54) is 19.2 Å². The molecule has 0 N–H and O–H groups in total. The second-order valence-corrected chi connectivity index (χ2v) is 3.66. The predicted octanol–water partition coefficient (Wildman–Crippen LogP) is 3.20. The van der Waals surface area contributed by atoms with Crippen LogP contribution in [-0.4, -0.2) is 25.9 Å². The number of rotatable bonds is 5. The van der Waals surface area contributed by atoms with E-state index >= 15 is 0 Å². The zero-order valence-electron chi connectivity index (χ0n) is 10.2. The van der Waals surface area contributed by atoms with E-state index in [4.69, 9.17) is 0 Å². The fourth-order valence-corrected chi connectivity index (χ4v) is 1.21. The standard InChI is InChI=1S/C13H13F3O3/c1-18-12(17)4-2-3-10-5-7-11(8-6-10)19-9-13(14,15)16/h2-3,5-8H,4,9H2,1H3. The van der Waals surface area contributed by atoms with Gasteiger partial charge in [0.25, 0.3) is 0 Å². The van der Waals surface area contributed by atoms with Gasteiger partial charge in [-0.1, -0.05) is 24.3 Å². The lowest BCUT2D eigenvalue weighted by Crippen LogP contribution is -2.19. The first kappa shape index (κ1) is 15.1. The summed E-state index contributed by atoms with van der Waals surface area (Å²) in [7, 11) is 1.29. The molecule has 0 bridgehead atoms. The Morgan fingerprint density at radius 2 is 1.89 bits per heavy atom. The van der Waals surface area contributed by atoms with E-state index < -0.39 is 12.8 Å². The summed E-state index contributed by atoms with van der Waals surface area (Å²) in [5.74, 6) is -0.219. The Hall–Kier alpha value is -1.98. The van der Waals surface area contributed by atoms with Crippen molar-refractivity contribution in [2.75, 3.05) is 13.7 Å². The van der Waals surface area contributed by atoms with Crippen molar-refractivity contribution in [1.29, 1.82) is 0 Å². The Morgan fingerprint density at radius 1 is 1.26 bits per heavy atom. The molecule has 0 aliphatic heterocycles. The molecule has 1 aromatic rings. The van der Waals surface area contributed by atoms with Crippen LogP contribution in [0.2, 0.25) is 0 Å². The molecular formula is C13H13F3O3. The van der Waals surface area contributed by atoms with Gasteiger partial charge in [0.05, 0.1) is 13.5 Å². The third-order valence-corrected chi connectivity index (χ3v) is 2.11. The Labute approximate surface area is 108 Å². The van der Waals surface area contributed by atoms with Gasteiger partial charge < -0.3 is 9.47 Å². The molecule has 0 amide bonds. The number of carbonyl (C=O) groups excluding carboxylic acids is 1. The number of halogens is 3. The molecular weight excluding hydrogens is 261 g/mol. The number of hydrogen-bond acceptors (Lipinski definition) is 3. The van der Waals surface area contributed by atoms with Crippen molar-refractivity contribution in [1.82, 2.24) is 0 Å². The SMILES string of the molecule is COC(=O)CC=Cc1ccc(OCC(F)(F)F)cc1. The van der Waals surface area contributed by atoms with Gasteiger partial charge in [0.15, 0.2) is 6.61 Å². The van der Waals surface area contributed by atoms with Crippen LogP contribution in [0, 0.1) is 0 Å². The van der Waals surface area contributed by atoms with E-state index in [9.17, 15) is 18.0 Å². The van der Waals surface area contributed by atoms with E-state index in [1.54, 1.807) is 24.3 Å². The highest BCUT2D eigenvalue weighted by atomic mass is 19.4. The van der Waals surface area contributed by atoms with Crippen LogP contribution in [0.4, 0.5) is 13.2 Å². The molecule has 0 fully saturated rings. The van der Waals surface area contributed by atoms with Gasteiger partial charge in [0.1, 0.15) is 5.75 Å². The normalized spacial score (nSPS) is 11.6. The van der Waals surface area contributed by atoms with E-state index in [2.05, 4.69) is 9.47 Å². The molecule has 19 heavy (non-hydrogen) atoms. The summed E-state index contributed by atoms with van der Waals surface area (Å²) < 4.78 is 44.8. The number of alkyl halides is 3. The van der Waals surface area contributed by atoms with Gasteiger partial charge in [0, 0.05) is 0 Å². The summed E-state index contributed by atoms with van der Waals surface area (Å²) in [4.78, 5) is 10.8. The van der Waals surface area contributed by atoms with Crippen LogP contribution in [0.5, 0.6) is 5.75 Å². The first-order valence-electron chi connectivity index (χ1n) is 5.43. The fraction of sp³-hybridized carbons (Fsp3) is 0.308. The number of hydrogen-bond donors (Lipinski definition) is 0. The molecule has 0 spiro atoms. The molecule has 1 rings (SSSR count). The molecule has 104 valence electrons. The molecule has 0 aliphatic rings. The van der Waals surface area contributed by atoms with Gasteiger partial charge in [-0.15, -0.1) is 0 Å². The van der Waals surface area contributed by atoms with Crippen molar-refractivity contribution in [3.63, 3.8) is 0 Å². The van der Waals surface area contributed by atoms with Crippen LogP contribution >= 0.6 is 0 Å². The topological polar surface area (TPSA) is 35.5 Å². The second-order valence-electron chi connectivity index (χ2n) is 3.66. The van der Waals surface area contributed by atoms with Crippen molar-refractivity contribution in [3.05, 3.63) is 35.9 Å². The van der Waals surface area contributed by atoms with Crippen LogP contribution in [0.25, 0.3) is 6.08 Å². The zero-order chi connectivity index (χ0) is 14.3. The lowest BCUT2D eigenvalue weighted by molar-refractivity contribution is -0.153. The highest BCUT2D eigenvalue weighted by molar-refractivity contribution is 5.72. The molecule has 6 heteroatoms. The average Bonchev–Trinajstić information content (AvgIpc) is 2.36. The van der Waals surface area contributed by atoms with Crippen LogP contribution in [0.3, 0.4) is 0 Å². The van der Waals surface area contributed by atoms with Crippen LogP contribution in [0.15, 0.2) is 30.3 Å². The van der Waals surface area contributed by atoms with Crippen LogP contribution in [0.1, 0.15) is 12.0 Å². The number of carbonyl (C=O) groups is 1. The summed E-state index contributed by atoms with van der Waals surface area (Å²) in [6.07, 6.45) is -0.927. The van der Waals surface area contributed by atoms with Gasteiger partial charge in [-0.05, 0) is 17.7 Å². The van der Waals surface area contributed by atoms with Crippen molar-refractivity contribution in [3.8, 4) is 5.75 Å². The summed E-state index contributed by atoms with van der Waals surface area (Å²) in [5, 5.41) is 0. The third kappa shape index (κ3) is 6.49. The summed E-state index contributed by atoms with van der Waals surface area (Å²) in [6, 6.07) is 6.06. The lowest BCUT2D eigenvalue weighted by atomic mass is 10.2. The number of benzene rings is 1. The lowest BCUT2D eigenvalue weighted by Gasteiger charge is -2.08. The Morgan fingerprint density at radius 3 is 2.42 bits per heavy atom. The van der Waals surface area contributed by atoms with E-state index in [0.29, 0.717) is 0 Å². The predicted molar refractivity (Wildman–Crippen MR) is 63.7 cm³/mol. The highest BCUT2D eigenvalue weighted by Crippen LogP contribution is 2.19.